The highest BCUT2D eigenvalue weighted by Crippen LogP contribution is 2.31. The van der Waals surface area contributed by atoms with Crippen molar-refractivity contribution in [1.29, 1.82) is 0 Å². The highest BCUT2D eigenvalue weighted by atomic mass is 19.4. The normalized spacial score (nSPS) is 14.5. The number of aromatic nitrogens is 1. The molecule has 0 aliphatic heterocycles. The minimum Gasteiger partial charge on any atom is -0.392 e. The van der Waals surface area contributed by atoms with Crippen molar-refractivity contribution >= 4 is 0 Å². The Balaban J connectivity index is 2.69. The van der Waals surface area contributed by atoms with Gasteiger partial charge in [-0.15, -0.1) is 0 Å². The average molecular weight is 304 g/mol. The van der Waals surface area contributed by atoms with Gasteiger partial charge in [0.1, 0.15) is 0 Å². The molecule has 21 heavy (non-hydrogen) atoms. The molecule has 1 rings (SSSR count). The molecule has 1 unspecified atom stereocenters. The van der Waals surface area contributed by atoms with Gasteiger partial charge in [-0.1, -0.05) is 27.7 Å². The third-order valence-electron chi connectivity index (χ3n) is 3.50. The molecule has 0 aliphatic carbocycles. The standard InChI is InChI=1S/C15H23F3N2O/c1-10(2)13(21)14(3,4)9-19-8-12-11(15(16,17)18)6-5-7-20-12/h5-7,10,13,19,21H,8-9H2,1-4H3. The van der Waals surface area contributed by atoms with Crippen molar-refractivity contribution in [2.75, 3.05) is 6.54 Å². The van der Waals surface area contributed by atoms with Gasteiger partial charge in [-0.05, 0) is 18.1 Å². The number of aliphatic hydroxyl groups is 1. The molecule has 0 fully saturated rings. The number of alkyl halides is 3. The molecular formula is C15H23F3N2O. The molecule has 0 bridgehead atoms. The molecule has 1 aromatic heterocycles. The molecule has 0 spiro atoms. The highest BCUT2D eigenvalue weighted by Gasteiger charge is 2.34. The maximum atomic E-state index is 12.8. The molecule has 0 aromatic carbocycles. The molecule has 120 valence electrons. The van der Waals surface area contributed by atoms with E-state index >= 15 is 0 Å². The Morgan fingerprint density at radius 3 is 2.43 bits per heavy atom. The fourth-order valence-electron chi connectivity index (χ4n) is 2.35. The largest absolute Gasteiger partial charge is 0.418 e. The maximum Gasteiger partial charge on any atom is 0.418 e. The zero-order valence-electron chi connectivity index (χ0n) is 12.8. The highest BCUT2D eigenvalue weighted by molar-refractivity contribution is 5.22. The van der Waals surface area contributed by atoms with Gasteiger partial charge in [-0.3, -0.25) is 4.98 Å². The third kappa shape index (κ3) is 4.97. The summed E-state index contributed by atoms with van der Waals surface area (Å²) in [5, 5.41) is 13.1. The van der Waals surface area contributed by atoms with Crippen LogP contribution >= 0.6 is 0 Å². The van der Waals surface area contributed by atoms with E-state index in [9.17, 15) is 18.3 Å². The van der Waals surface area contributed by atoms with Crippen molar-refractivity contribution in [3.8, 4) is 0 Å². The van der Waals surface area contributed by atoms with Gasteiger partial charge in [0.15, 0.2) is 0 Å². The average Bonchev–Trinajstić information content (AvgIpc) is 2.36. The lowest BCUT2D eigenvalue weighted by atomic mass is 9.80. The summed E-state index contributed by atoms with van der Waals surface area (Å²) in [7, 11) is 0. The van der Waals surface area contributed by atoms with Crippen LogP contribution in [0.15, 0.2) is 18.3 Å². The van der Waals surface area contributed by atoms with Crippen LogP contribution in [0.4, 0.5) is 13.2 Å². The fraction of sp³-hybridized carbons (Fsp3) is 0.667. The molecule has 0 amide bonds. The minimum atomic E-state index is -4.40. The Hall–Kier alpha value is -1.14. The van der Waals surface area contributed by atoms with E-state index in [0.29, 0.717) is 6.54 Å². The molecule has 0 saturated carbocycles. The summed E-state index contributed by atoms with van der Waals surface area (Å²) >= 11 is 0. The lowest BCUT2D eigenvalue weighted by Gasteiger charge is -2.33. The molecule has 2 N–H and O–H groups in total. The van der Waals surface area contributed by atoms with Crippen molar-refractivity contribution < 1.29 is 18.3 Å². The first-order valence-corrected chi connectivity index (χ1v) is 6.95. The Morgan fingerprint density at radius 1 is 1.29 bits per heavy atom. The van der Waals surface area contributed by atoms with Crippen LogP contribution in [0.25, 0.3) is 0 Å². The van der Waals surface area contributed by atoms with Gasteiger partial charge < -0.3 is 10.4 Å². The van der Waals surface area contributed by atoms with Gasteiger partial charge in [0.25, 0.3) is 0 Å². The van der Waals surface area contributed by atoms with E-state index < -0.39 is 23.3 Å². The SMILES string of the molecule is CC(C)C(O)C(C)(C)CNCc1ncccc1C(F)(F)F. The van der Waals surface area contributed by atoms with Crippen LogP contribution in [0.1, 0.15) is 39.0 Å². The number of hydrogen-bond donors (Lipinski definition) is 2. The van der Waals surface area contributed by atoms with E-state index in [1.807, 2.05) is 27.7 Å². The topological polar surface area (TPSA) is 45.1 Å². The van der Waals surface area contributed by atoms with Crippen LogP contribution in [0.3, 0.4) is 0 Å². The molecule has 0 radical (unpaired) electrons. The molecule has 3 nitrogen and oxygen atoms in total. The predicted molar refractivity (Wildman–Crippen MR) is 75.6 cm³/mol. The lowest BCUT2D eigenvalue weighted by molar-refractivity contribution is -0.138. The van der Waals surface area contributed by atoms with Crippen molar-refractivity contribution in [1.82, 2.24) is 10.3 Å². The summed E-state index contributed by atoms with van der Waals surface area (Å²) in [6.45, 7) is 8.01. The summed E-state index contributed by atoms with van der Waals surface area (Å²) in [4.78, 5) is 3.80. The predicted octanol–water partition coefficient (Wildman–Crippen LogP) is 3.23. The third-order valence-corrected chi connectivity index (χ3v) is 3.50. The molecule has 6 heteroatoms. The van der Waals surface area contributed by atoms with Crippen LogP contribution in [-0.4, -0.2) is 22.7 Å². The first-order valence-electron chi connectivity index (χ1n) is 6.95. The van der Waals surface area contributed by atoms with Crippen molar-refractivity contribution in [2.45, 2.75) is 46.5 Å². The number of nitrogens with zero attached hydrogens (tertiary/aromatic N) is 1. The van der Waals surface area contributed by atoms with Crippen LogP contribution in [-0.2, 0) is 12.7 Å². The summed E-state index contributed by atoms with van der Waals surface area (Å²) in [5.41, 5.74) is -1.18. The van der Waals surface area contributed by atoms with E-state index in [4.69, 9.17) is 0 Å². The first kappa shape index (κ1) is 17.9. The monoisotopic (exact) mass is 304 g/mol. The Labute approximate surface area is 123 Å². The second kappa shape index (κ2) is 6.75. The van der Waals surface area contributed by atoms with Crippen LogP contribution in [0.2, 0.25) is 0 Å². The van der Waals surface area contributed by atoms with E-state index in [-0.39, 0.29) is 18.2 Å². The molecule has 1 heterocycles. The van der Waals surface area contributed by atoms with Gasteiger partial charge in [0.05, 0.1) is 17.4 Å². The van der Waals surface area contributed by atoms with E-state index in [2.05, 4.69) is 10.3 Å². The summed E-state index contributed by atoms with van der Waals surface area (Å²) < 4.78 is 38.5. The lowest BCUT2D eigenvalue weighted by Crippen LogP contribution is -2.41. The van der Waals surface area contributed by atoms with E-state index in [1.165, 1.54) is 12.3 Å². The number of nitrogens with one attached hydrogen (secondary N) is 1. The Morgan fingerprint density at radius 2 is 1.90 bits per heavy atom. The number of rotatable bonds is 6. The quantitative estimate of drug-likeness (QED) is 0.848. The number of hydrogen-bond acceptors (Lipinski definition) is 3. The van der Waals surface area contributed by atoms with Crippen LogP contribution in [0.5, 0.6) is 0 Å². The van der Waals surface area contributed by atoms with Gasteiger partial charge in [0, 0.05) is 24.7 Å². The summed E-state index contributed by atoms with van der Waals surface area (Å²) in [6.07, 6.45) is -3.59. The molecule has 0 saturated heterocycles. The van der Waals surface area contributed by atoms with Crippen molar-refractivity contribution in [3.05, 3.63) is 29.6 Å². The van der Waals surface area contributed by atoms with Crippen LogP contribution < -0.4 is 5.32 Å². The van der Waals surface area contributed by atoms with E-state index in [1.54, 1.807) is 0 Å². The van der Waals surface area contributed by atoms with Crippen molar-refractivity contribution in [3.63, 3.8) is 0 Å². The zero-order chi connectivity index (χ0) is 16.3. The molecular weight excluding hydrogens is 281 g/mol. The zero-order valence-corrected chi connectivity index (χ0v) is 12.8. The van der Waals surface area contributed by atoms with Crippen LogP contribution in [0, 0.1) is 11.3 Å². The molecule has 1 aromatic rings. The van der Waals surface area contributed by atoms with Gasteiger partial charge in [-0.25, -0.2) is 0 Å². The minimum absolute atomic E-state index is 0.0178. The maximum absolute atomic E-state index is 12.8. The Kier molecular flexibility index (Phi) is 5.75. The smallest absolute Gasteiger partial charge is 0.392 e. The number of pyridine rings is 1. The second-order valence-electron chi connectivity index (χ2n) is 6.28. The number of aliphatic hydroxyl groups excluding tert-OH is 1. The first-order chi connectivity index (χ1) is 9.55. The summed E-state index contributed by atoms with van der Waals surface area (Å²) in [5.74, 6) is 0.0855. The van der Waals surface area contributed by atoms with Crippen molar-refractivity contribution in [2.24, 2.45) is 11.3 Å². The van der Waals surface area contributed by atoms with E-state index in [0.717, 1.165) is 6.07 Å². The number of halogens is 3. The fourth-order valence-corrected chi connectivity index (χ4v) is 2.35. The van der Waals surface area contributed by atoms with Gasteiger partial charge in [0.2, 0.25) is 0 Å². The molecule has 0 aliphatic rings. The second-order valence-corrected chi connectivity index (χ2v) is 6.28. The Bertz CT molecular complexity index is 458. The molecule has 1 atom stereocenters. The van der Waals surface area contributed by atoms with Gasteiger partial charge >= 0.3 is 6.18 Å². The van der Waals surface area contributed by atoms with Gasteiger partial charge in [-0.2, -0.15) is 13.2 Å². The summed E-state index contributed by atoms with van der Waals surface area (Å²) in [6, 6.07) is 2.30.